The molecular formula is C18H26N2O4S. The lowest BCUT2D eigenvalue weighted by Crippen LogP contribution is -2.43. The minimum absolute atomic E-state index is 0.0283. The zero-order chi connectivity index (χ0) is 18.0. The van der Waals surface area contributed by atoms with Gasteiger partial charge >= 0.3 is 0 Å². The molecule has 2 fully saturated rings. The van der Waals surface area contributed by atoms with E-state index in [0.717, 1.165) is 32.1 Å². The van der Waals surface area contributed by atoms with Crippen LogP contribution in [-0.4, -0.2) is 44.9 Å². The summed E-state index contributed by atoms with van der Waals surface area (Å²) >= 11 is 0. The molecule has 0 saturated carbocycles. The molecular weight excluding hydrogens is 340 g/mol. The van der Waals surface area contributed by atoms with Gasteiger partial charge in [-0.1, -0.05) is 13.3 Å². The Morgan fingerprint density at radius 2 is 2.00 bits per heavy atom. The first-order valence-electron chi connectivity index (χ1n) is 8.99. The van der Waals surface area contributed by atoms with Crippen LogP contribution in [0.4, 0.5) is 5.69 Å². The molecule has 3 rings (SSSR count). The first kappa shape index (κ1) is 18.2. The number of methoxy groups -OCH3 is 1. The maximum atomic E-state index is 13.3. The number of anilines is 1. The van der Waals surface area contributed by atoms with E-state index in [2.05, 4.69) is 0 Å². The van der Waals surface area contributed by atoms with E-state index >= 15 is 0 Å². The number of amides is 1. The fraction of sp³-hybridized carbons (Fsp3) is 0.611. The molecule has 2 heterocycles. The predicted molar refractivity (Wildman–Crippen MR) is 96.4 cm³/mol. The molecule has 1 unspecified atom stereocenters. The summed E-state index contributed by atoms with van der Waals surface area (Å²) in [5.41, 5.74) is 0.631. The third-order valence-electron chi connectivity index (χ3n) is 5.16. The topological polar surface area (TPSA) is 66.9 Å². The molecule has 138 valence electrons. The standard InChI is InChI=1S/C18H26N2O4S/c1-3-14-7-4-5-12-20(14)25(22,23)17-13-15(9-10-16(17)24-2)19-11-6-8-18(19)21/h9-10,13-14H,3-8,11-12H2,1-2H3. The second-order valence-corrected chi connectivity index (χ2v) is 8.52. The van der Waals surface area contributed by atoms with Crippen LogP contribution in [0.1, 0.15) is 45.4 Å². The van der Waals surface area contributed by atoms with E-state index in [1.165, 1.54) is 7.11 Å². The maximum Gasteiger partial charge on any atom is 0.247 e. The van der Waals surface area contributed by atoms with Crippen molar-refractivity contribution in [2.24, 2.45) is 0 Å². The van der Waals surface area contributed by atoms with E-state index in [1.54, 1.807) is 27.4 Å². The van der Waals surface area contributed by atoms with Gasteiger partial charge in [-0.05, 0) is 43.9 Å². The summed E-state index contributed by atoms with van der Waals surface area (Å²) in [6.45, 7) is 3.19. The number of sulfonamides is 1. The van der Waals surface area contributed by atoms with Crippen LogP contribution in [0.25, 0.3) is 0 Å². The molecule has 1 atom stereocenters. The monoisotopic (exact) mass is 366 g/mol. The third kappa shape index (κ3) is 3.40. The maximum absolute atomic E-state index is 13.3. The van der Waals surface area contributed by atoms with Crippen LogP contribution in [0.3, 0.4) is 0 Å². The Morgan fingerprint density at radius 3 is 2.64 bits per heavy atom. The van der Waals surface area contributed by atoms with E-state index in [0.29, 0.717) is 30.9 Å². The number of rotatable bonds is 5. The molecule has 1 aromatic rings. The van der Waals surface area contributed by atoms with Crippen LogP contribution in [0.2, 0.25) is 0 Å². The van der Waals surface area contributed by atoms with Gasteiger partial charge in [0.25, 0.3) is 0 Å². The Labute approximate surface area is 149 Å². The molecule has 2 aliphatic rings. The number of nitrogens with zero attached hydrogens (tertiary/aromatic N) is 2. The van der Waals surface area contributed by atoms with Crippen molar-refractivity contribution in [3.05, 3.63) is 18.2 Å². The summed E-state index contributed by atoms with van der Waals surface area (Å²) < 4.78 is 33.6. The Kier molecular flexibility index (Phi) is 5.34. The molecule has 0 aromatic heterocycles. The Morgan fingerprint density at radius 1 is 1.20 bits per heavy atom. The second-order valence-electron chi connectivity index (χ2n) is 6.66. The first-order chi connectivity index (χ1) is 12.0. The predicted octanol–water partition coefficient (Wildman–Crippen LogP) is 2.78. The van der Waals surface area contributed by atoms with Gasteiger partial charge < -0.3 is 9.64 Å². The van der Waals surface area contributed by atoms with Crippen LogP contribution in [0.5, 0.6) is 5.75 Å². The highest BCUT2D eigenvalue weighted by molar-refractivity contribution is 7.89. The minimum Gasteiger partial charge on any atom is -0.495 e. The SMILES string of the molecule is CCC1CCCCN1S(=O)(=O)c1cc(N2CCCC2=O)ccc1OC. The van der Waals surface area contributed by atoms with Crippen molar-refractivity contribution < 1.29 is 17.9 Å². The lowest BCUT2D eigenvalue weighted by Gasteiger charge is -2.34. The fourth-order valence-corrected chi connectivity index (χ4v) is 5.73. The summed E-state index contributed by atoms with van der Waals surface area (Å²) in [5.74, 6) is 0.369. The van der Waals surface area contributed by atoms with Gasteiger partial charge in [-0.3, -0.25) is 4.79 Å². The van der Waals surface area contributed by atoms with Gasteiger partial charge in [-0.15, -0.1) is 0 Å². The molecule has 25 heavy (non-hydrogen) atoms. The van der Waals surface area contributed by atoms with E-state index in [-0.39, 0.29) is 16.8 Å². The number of carbonyl (C=O) groups excluding carboxylic acids is 1. The average Bonchev–Trinajstić information content (AvgIpc) is 3.07. The van der Waals surface area contributed by atoms with Crippen molar-refractivity contribution in [1.29, 1.82) is 0 Å². The van der Waals surface area contributed by atoms with Crippen LogP contribution in [0.15, 0.2) is 23.1 Å². The molecule has 0 bridgehead atoms. The zero-order valence-corrected chi connectivity index (χ0v) is 15.7. The lowest BCUT2D eigenvalue weighted by atomic mass is 10.0. The van der Waals surface area contributed by atoms with Crippen LogP contribution in [-0.2, 0) is 14.8 Å². The largest absolute Gasteiger partial charge is 0.495 e. The highest BCUT2D eigenvalue weighted by Gasteiger charge is 2.35. The van der Waals surface area contributed by atoms with Crippen molar-refractivity contribution >= 4 is 21.6 Å². The van der Waals surface area contributed by atoms with Crippen molar-refractivity contribution in [3.8, 4) is 5.75 Å². The van der Waals surface area contributed by atoms with Gasteiger partial charge in [-0.2, -0.15) is 4.31 Å². The van der Waals surface area contributed by atoms with Crippen LogP contribution in [0, 0.1) is 0 Å². The molecule has 0 radical (unpaired) electrons. The number of hydrogen-bond acceptors (Lipinski definition) is 4. The van der Waals surface area contributed by atoms with E-state index in [9.17, 15) is 13.2 Å². The highest BCUT2D eigenvalue weighted by Crippen LogP contribution is 2.35. The van der Waals surface area contributed by atoms with E-state index in [4.69, 9.17) is 4.74 Å². The van der Waals surface area contributed by atoms with Gasteiger partial charge in [0.05, 0.1) is 7.11 Å². The number of carbonyl (C=O) groups is 1. The highest BCUT2D eigenvalue weighted by atomic mass is 32.2. The van der Waals surface area contributed by atoms with Gasteiger partial charge in [0.1, 0.15) is 10.6 Å². The smallest absolute Gasteiger partial charge is 0.247 e. The van der Waals surface area contributed by atoms with Crippen molar-refractivity contribution in [1.82, 2.24) is 4.31 Å². The summed E-state index contributed by atoms with van der Waals surface area (Å²) in [5, 5.41) is 0. The molecule has 0 aliphatic carbocycles. The number of hydrogen-bond donors (Lipinski definition) is 0. The Balaban J connectivity index is 2.02. The molecule has 2 aliphatic heterocycles. The van der Waals surface area contributed by atoms with Gasteiger partial charge in [-0.25, -0.2) is 8.42 Å². The van der Waals surface area contributed by atoms with E-state index in [1.807, 2.05) is 6.92 Å². The molecule has 0 N–H and O–H groups in total. The van der Waals surface area contributed by atoms with Crippen LogP contribution >= 0.6 is 0 Å². The Hall–Kier alpha value is -1.60. The second kappa shape index (κ2) is 7.33. The summed E-state index contributed by atoms with van der Waals surface area (Å²) in [6, 6.07) is 5.03. The minimum atomic E-state index is -3.67. The van der Waals surface area contributed by atoms with Crippen LogP contribution < -0.4 is 9.64 Å². The van der Waals surface area contributed by atoms with Gasteiger partial charge in [0.2, 0.25) is 15.9 Å². The number of ether oxygens (including phenoxy) is 1. The van der Waals surface area contributed by atoms with Gasteiger partial charge in [0, 0.05) is 31.2 Å². The van der Waals surface area contributed by atoms with E-state index < -0.39 is 10.0 Å². The zero-order valence-electron chi connectivity index (χ0n) is 14.9. The molecule has 7 heteroatoms. The van der Waals surface area contributed by atoms with Crippen molar-refractivity contribution in [3.63, 3.8) is 0 Å². The summed E-state index contributed by atoms with van der Waals surface area (Å²) in [6.07, 6.45) is 4.94. The molecule has 2 saturated heterocycles. The number of benzene rings is 1. The van der Waals surface area contributed by atoms with Gasteiger partial charge in [0.15, 0.2) is 0 Å². The third-order valence-corrected chi connectivity index (χ3v) is 7.14. The molecule has 6 nitrogen and oxygen atoms in total. The quantitative estimate of drug-likeness (QED) is 0.804. The first-order valence-corrected chi connectivity index (χ1v) is 10.4. The molecule has 1 aromatic carbocycles. The number of piperidine rings is 1. The lowest BCUT2D eigenvalue weighted by molar-refractivity contribution is -0.117. The molecule has 1 amide bonds. The Bertz CT molecular complexity index is 747. The average molecular weight is 366 g/mol. The van der Waals surface area contributed by atoms with Crippen molar-refractivity contribution in [2.75, 3.05) is 25.1 Å². The summed E-state index contributed by atoms with van der Waals surface area (Å²) in [7, 11) is -2.19. The fourth-order valence-electron chi connectivity index (χ4n) is 3.78. The normalized spacial score (nSPS) is 22.4. The summed E-state index contributed by atoms with van der Waals surface area (Å²) in [4.78, 5) is 13.8. The molecule has 0 spiro atoms. The van der Waals surface area contributed by atoms with Crippen molar-refractivity contribution in [2.45, 2.75) is 56.4 Å².